The molecule has 1 N–H and O–H groups in total. The molecule has 0 aromatic heterocycles. The number of carbonyl (C=O) groups excluding carboxylic acids is 1. The van der Waals surface area contributed by atoms with E-state index < -0.39 is 6.36 Å². The molecule has 1 amide bonds. The van der Waals surface area contributed by atoms with Gasteiger partial charge in [0, 0.05) is 44.3 Å². The summed E-state index contributed by atoms with van der Waals surface area (Å²) >= 11 is 1.18. The largest absolute Gasteiger partial charge is 0.573 e. The second-order valence-corrected chi connectivity index (χ2v) is 8.27. The van der Waals surface area contributed by atoms with Gasteiger partial charge >= 0.3 is 6.36 Å². The van der Waals surface area contributed by atoms with Gasteiger partial charge in [-0.1, -0.05) is 11.8 Å². The first-order chi connectivity index (χ1) is 13.2. The Hall–Kier alpha value is -1.91. The Morgan fingerprint density at radius 2 is 2.00 bits per heavy atom. The molecule has 1 spiro atoms. The fourth-order valence-corrected chi connectivity index (χ4v) is 5.08. The van der Waals surface area contributed by atoms with Gasteiger partial charge in [0.15, 0.2) is 0 Å². The summed E-state index contributed by atoms with van der Waals surface area (Å²) in [6.45, 7) is 1.17. The summed E-state index contributed by atoms with van der Waals surface area (Å²) < 4.78 is 47.1. The lowest BCUT2D eigenvalue weighted by molar-refractivity contribution is -0.274. The van der Waals surface area contributed by atoms with Crippen molar-refractivity contribution in [3.05, 3.63) is 28.8 Å². The molecule has 0 radical (unpaired) electrons. The first kappa shape index (κ1) is 19.4. The van der Waals surface area contributed by atoms with E-state index in [2.05, 4.69) is 10.1 Å². The van der Waals surface area contributed by atoms with Crippen LogP contribution in [0, 0.1) is 0 Å². The molecule has 0 bridgehead atoms. The number of hydrogen-bond acceptors (Lipinski definition) is 6. The van der Waals surface area contributed by atoms with Crippen molar-refractivity contribution in [3.8, 4) is 5.75 Å². The minimum absolute atomic E-state index is 0.154. The number of carbonyl (C=O) groups is 1. The van der Waals surface area contributed by atoms with Crippen molar-refractivity contribution in [2.45, 2.75) is 36.1 Å². The lowest BCUT2D eigenvalue weighted by Crippen LogP contribution is -2.62. The first-order valence-electron chi connectivity index (χ1n) is 8.86. The summed E-state index contributed by atoms with van der Waals surface area (Å²) in [7, 11) is 3.65. The second-order valence-electron chi connectivity index (χ2n) is 7.22. The van der Waals surface area contributed by atoms with Crippen LogP contribution in [0.2, 0.25) is 0 Å². The molecule has 10 heteroatoms. The highest BCUT2D eigenvalue weighted by Gasteiger charge is 2.49. The third kappa shape index (κ3) is 3.44. The van der Waals surface area contributed by atoms with Gasteiger partial charge in [-0.25, -0.2) is 5.01 Å². The lowest BCUT2D eigenvalue weighted by Gasteiger charge is -2.52. The SMILES string of the molecule is CN(C)N1C(=O)C2=C(CC13CCOCC3)Nc1ccc(OC(F)(F)F)cc1S2. The average molecular weight is 415 g/mol. The van der Waals surface area contributed by atoms with Crippen molar-refractivity contribution in [3.63, 3.8) is 0 Å². The molecule has 3 aliphatic rings. The topological polar surface area (TPSA) is 54.0 Å². The number of alkyl halides is 3. The van der Waals surface area contributed by atoms with Crippen LogP contribution >= 0.6 is 11.8 Å². The zero-order chi connectivity index (χ0) is 20.1. The summed E-state index contributed by atoms with van der Waals surface area (Å²) in [5, 5.41) is 6.82. The summed E-state index contributed by atoms with van der Waals surface area (Å²) in [4.78, 5) is 14.3. The van der Waals surface area contributed by atoms with Crippen LogP contribution in [-0.4, -0.2) is 55.1 Å². The Kier molecular flexibility index (Phi) is 4.75. The maximum Gasteiger partial charge on any atom is 0.573 e. The number of fused-ring (bicyclic) bond motifs is 1. The van der Waals surface area contributed by atoms with E-state index in [-0.39, 0.29) is 17.2 Å². The maximum atomic E-state index is 13.3. The van der Waals surface area contributed by atoms with Gasteiger partial charge in [0.1, 0.15) is 5.75 Å². The monoisotopic (exact) mass is 415 g/mol. The van der Waals surface area contributed by atoms with Crippen molar-refractivity contribution in [1.82, 2.24) is 10.0 Å². The number of nitrogens with one attached hydrogen (secondary N) is 1. The molecule has 3 heterocycles. The number of hydrazine groups is 1. The van der Waals surface area contributed by atoms with Gasteiger partial charge in [0.2, 0.25) is 0 Å². The highest BCUT2D eigenvalue weighted by atomic mass is 32.2. The number of rotatable bonds is 2. The van der Waals surface area contributed by atoms with Gasteiger partial charge in [-0.3, -0.25) is 9.80 Å². The van der Waals surface area contributed by atoms with E-state index in [0.717, 1.165) is 18.5 Å². The van der Waals surface area contributed by atoms with Gasteiger partial charge in [0.05, 0.1) is 16.1 Å². The zero-order valence-corrected chi connectivity index (χ0v) is 16.2. The molecule has 4 rings (SSSR count). The molecular formula is C18H20F3N3O3S. The van der Waals surface area contributed by atoms with Crippen molar-refractivity contribution >= 4 is 23.4 Å². The lowest BCUT2D eigenvalue weighted by atomic mass is 9.82. The third-order valence-electron chi connectivity index (χ3n) is 5.12. The number of hydrogen-bond donors (Lipinski definition) is 1. The van der Waals surface area contributed by atoms with E-state index in [1.807, 2.05) is 14.1 Å². The van der Waals surface area contributed by atoms with Crippen molar-refractivity contribution in [1.29, 1.82) is 0 Å². The fraction of sp³-hybridized carbons (Fsp3) is 0.500. The molecule has 0 unspecified atom stereocenters. The molecule has 28 heavy (non-hydrogen) atoms. The number of halogens is 3. The Labute approximate surface area is 164 Å². The van der Waals surface area contributed by atoms with E-state index in [9.17, 15) is 18.0 Å². The van der Waals surface area contributed by atoms with Crippen molar-refractivity contribution in [2.75, 3.05) is 32.6 Å². The molecule has 6 nitrogen and oxygen atoms in total. The minimum Gasteiger partial charge on any atom is -0.406 e. The quantitative estimate of drug-likeness (QED) is 0.797. The molecule has 1 aromatic carbocycles. The van der Waals surface area contributed by atoms with E-state index in [4.69, 9.17) is 4.74 Å². The molecule has 1 saturated heterocycles. The van der Waals surface area contributed by atoms with Crippen LogP contribution < -0.4 is 10.1 Å². The summed E-state index contributed by atoms with van der Waals surface area (Å²) in [5.74, 6) is -0.461. The highest BCUT2D eigenvalue weighted by Crippen LogP contribution is 2.49. The van der Waals surface area contributed by atoms with Gasteiger partial charge in [0.25, 0.3) is 5.91 Å². The van der Waals surface area contributed by atoms with Gasteiger partial charge in [-0.15, -0.1) is 13.2 Å². The minimum atomic E-state index is -4.76. The number of thioether (sulfide) groups is 1. The fourth-order valence-electron chi connectivity index (χ4n) is 4.04. The van der Waals surface area contributed by atoms with E-state index in [0.29, 0.717) is 35.1 Å². The molecular weight excluding hydrogens is 395 g/mol. The molecule has 1 aromatic rings. The first-order valence-corrected chi connectivity index (χ1v) is 9.68. The Morgan fingerprint density at radius 1 is 1.29 bits per heavy atom. The van der Waals surface area contributed by atoms with Crippen LogP contribution in [0.1, 0.15) is 19.3 Å². The Bertz CT molecular complexity index is 835. The van der Waals surface area contributed by atoms with Crippen molar-refractivity contribution < 1.29 is 27.4 Å². The van der Waals surface area contributed by atoms with Gasteiger partial charge < -0.3 is 14.8 Å². The summed E-state index contributed by atoms with van der Waals surface area (Å²) in [6.07, 6.45) is -2.66. The molecule has 1 fully saturated rings. The Morgan fingerprint density at radius 3 is 2.64 bits per heavy atom. The smallest absolute Gasteiger partial charge is 0.406 e. The molecule has 0 saturated carbocycles. The van der Waals surface area contributed by atoms with Gasteiger partial charge in [-0.2, -0.15) is 0 Å². The Balaban J connectivity index is 1.67. The maximum absolute atomic E-state index is 13.3. The van der Waals surface area contributed by atoms with Crippen LogP contribution in [-0.2, 0) is 9.53 Å². The van der Waals surface area contributed by atoms with Crippen molar-refractivity contribution in [2.24, 2.45) is 0 Å². The average Bonchev–Trinajstić information content (AvgIpc) is 2.59. The van der Waals surface area contributed by atoms with Crippen LogP contribution in [0.5, 0.6) is 5.75 Å². The molecule has 0 atom stereocenters. The third-order valence-corrected chi connectivity index (χ3v) is 6.31. The van der Waals surface area contributed by atoms with E-state index in [1.54, 1.807) is 16.1 Å². The standard InChI is InChI=1S/C18H20F3N3O3S/c1-23(2)24-16(25)15-13(10-17(24)5-7-26-8-6-17)22-12-4-3-11(9-14(12)28-15)27-18(19,20)21/h3-4,9,22H,5-8,10H2,1-2H3. The van der Waals surface area contributed by atoms with E-state index in [1.165, 1.54) is 23.9 Å². The number of anilines is 1. The normalized spacial score (nSPS) is 21.5. The predicted molar refractivity (Wildman–Crippen MR) is 97.6 cm³/mol. The predicted octanol–water partition coefficient (Wildman–Crippen LogP) is 3.57. The van der Waals surface area contributed by atoms with Crippen LogP contribution in [0.25, 0.3) is 0 Å². The molecule has 0 aliphatic carbocycles. The number of ether oxygens (including phenoxy) is 2. The number of benzene rings is 1. The molecule has 3 aliphatic heterocycles. The summed E-state index contributed by atoms with van der Waals surface area (Å²) in [6, 6.07) is 4.12. The zero-order valence-electron chi connectivity index (χ0n) is 15.4. The van der Waals surface area contributed by atoms with Gasteiger partial charge in [-0.05, 0) is 31.0 Å². The van der Waals surface area contributed by atoms with E-state index >= 15 is 0 Å². The highest BCUT2D eigenvalue weighted by molar-refractivity contribution is 8.04. The van der Waals surface area contributed by atoms with Crippen LogP contribution in [0.15, 0.2) is 33.7 Å². The summed E-state index contributed by atoms with van der Waals surface area (Å²) in [5.41, 5.74) is 1.13. The number of amides is 1. The van der Waals surface area contributed by atoms with Crippen LogP contribution in [0.3, 0.4) is 0 Å². The molecule has 152 valence electrons. The second kappa shape index (κ2) is 6.85. The number of nitrogens with zero attached hydrogens (tertiary/aromatic N) is 2. The van der Waals surface area contributed by atoms with Crippen LogP contribution in [0.4, 0.5) is 18.9 Å².